The fourth-order valence-electron chi connectivity index (χ4n) is 4.42. The van der Waals surface area contributed by atoms with Crippen LogP contribution in [-0.2, 0) is 0 Å². The highest BCUT2D eigenvalue weighted by Crippen LogP contribution is 2.48. The molecule has 4 rings (SSSR count). The fraction of sp³-hybridized carbons (Fsp3) is 0.185. The number of para-hydroxylation sites is 1. The van der Waals surface area contributed by atoms with E-state index in [0.717, 1.165) is 22.3 Å². The zero-order chi connectivity index (χ0) is 19.8. The van der Waals surface area contributed by atoms with Gasteiger partial charge < -0.3 is 5.11 Å². The standard InChI is InChI=1S/C27H26O/c1-17-18(2)20(4)26(19(17)3)24-14-9-8-13-23(24)25-16-10-15-22(27(25)28)21-11-6-5-7-12-21/h5-16,26,28H,1-4H3. The molecule has 1 aliphatic carbocycles. The molecular weight excluding hydrogens is 340 g/mol. The molecule has 0 spiro atoms. The normalized spacial score (nSPS) is 14.9. The topological polar surface area (TPSA) is 20.2 Å². The summed E-state index contributed by atoms with van der Waals surface area (Å²) in [5.41, 5.74) is 10.7. The molecule has 0 radical (unpaired) electrons. The Morgan fingerprint density at radius 2 is 1.11 bits per heavy atom. The van der Waals surface area contributed by atoms with Gasteiger partial charge in [-0.3, -0.25) is 0 Å². The van der Waals surface area contributed by atoms with Gasteiger partial charge in [-0.15, -0.1) is 0 Å². The Labute approximate surface area is 167 Å². The Balaban J connectivity index is 1.90. The minimum atomic E-state index is 0.274. The monoisotopic (exact) mass is 366 g/mol. The number of aromatic hydroxyl groups is 1. The molecule has 0 aliphatic heterocycles. The van der Waals surface area contributed by atoms with Crippen LogP contribution in [0.1, 0.15) is 39.2 Å². The van der Waals surface area contributed by atoms with Crippen molar-refractivity contribution in [2.75, 3.05) is 0 Å². The molecule has 140 valence electrons. The molecule has 1 nitrogen and oxygen atoms in total. The first-order valence-corrected chi connectivity index (χ1v) is 9.82. The van der Waals surface area contributed by atoms with Crippen molar-refractivity contribution in [2.24, 2.45) is 0 Å². The second kappa shape index (κ2) is 7.16. The molecule has 0 saturated heterocycles. The van der Waals surface area contributed by atoms with Crippen LogP contribution in [0.25, 0.3) is 22.3 Å². The Morgan fingerprint density at radius 1 is 0.571 bits per heavy atom. The highest BCUT2D eigenvalue weighted by Gasteiger charge is 2.28. The summed E-state index contributed by atoms with van der Waals surface area (Å²) < 4.78 is 0. The Morgan fingerprint density at radius 3 is 1.79 bits per heavy atom. The van der Waals surface area contributed by atoms with E-state index in [1.165, 1.54) is 27.9 Å². The summed E-state index contributed by atoms with van der Waals surface area (Å²) in [7, 11) is 0. The molecule has 3 aromatic rings. The third kappa shape index (κ3) is 2.88. The van der Waals surface area contributed by atoms with Crippen LogP contribution in [0.2, 0.25) is 0 Å². The number of phenols is 1. The lowest BCUT2D eigenvalue weighted by Gasteiger charge is -2.21. The molecule has 0 aromatic heterocycles. The number of rotatable bonds is 3. The zero-order valence-electron chi connectivity index (χ0n) is 17.0. The SMILES string of the molecule is CC1=C(C)C(c2ccccc2-c2cccc(-c3ccccc3)c2O)C(C)=C1C. The van der Waals surface area contributed by atoms with Crippen molar-refractivity contribution >= 4 is 0 Å². The van der Waals surface area contributed by atoms with Gasteiger partial charge >= 0.3 is 0 Å². The zero-order valence-corrected chi connectivity index (χ0v) is 17.0. The second-order valence-electron chi connectivity index (χ2n) is 7.70. The van der Waals surface area contributed by atoms with E-state index in [1.807, 2.05) is 48.5 Å². The van der Waals surface area contributed by atoms with Crippen molar-refractivity contribution in [3.63, 3.8) is 0 Å². The van der Waals surface area contributed by atoms with Gasteiger partial charge in [-0.05, 0) is 55.5 Å². The number of benzene rings is 3. The van der Waals surface area contributed by atoms with E-state index in [1.54, 1.807) is 0 Å². The number of allylic oxidation sites excluding steroid dienone is 4. The van der Waals surface area contributed by atoms with E-state index in [2.05, 4.69) is 52.0 Å². The van der Waals surface area contributed by atoms with Crippen molar-refractivity contribution < 1.29 is 5.11 Å². The van der Waals surface area contributed by atoms with Crippen LogP contribution in [0, 0.1) is 0 Å². The molecule has 0 atom stereocenters. The van der Waals surface area contributed by atoms with E-state index >= 15 is 0 Å². The molecule has 3 aromatic carbocycles. The first-order chi connectivity index (χ1) is 13.5. The highest BCUT2D eigenvalue weighted by atomic mass is 16.3. The van der Waals surface area contributed by atoms with Crippen LogP contribution >= 0.6 is 0 Å². The number of hydrogen-bond acceptors (Lipinski definition) is 1. The van der Waals surface area contributed by atoms with Crippen molar-refractivity contribution in [1.29, 1.82) is 0 Å². The quantitative estimate of drug-likeness (QED) is 0.509. The van der Waals surface area contributed by atoms with Crippen molar-refractivity contribution in [3.05, 3.63) is 101 Å². The smallest absolute Gasteiger partial charge is 0.131 e. The van der Waals surface area contributed by atoms with Gasteiger partial charge in [-0.25, -0.2) is 0 Å². The second-order valence-corrected chi connectivity index (χ2v) is 7.70. The first kappa shape index (κ1) is 18.3. The van der Waals surface area contributed by atoms with E-state index < -0.39 is 0 Å². The van der Waals surface area contributed by atoms with Gasteiger partial charge in [-0.1, -0.05) is 83.9 Å². The summed E-state index contributed by atoms with van der Waals surface area (Å²) in [6, 6.07) is 24.6. The van der Waals surface area contributed by atoms with Gasteiger partial charge in [0, 0.05) is 17.0 Å². The molecule has 1 aliphatic rings. The number of hydrogen-bond donors (Lipinski definition) is 1. The third-order valence-corrected chi connectivity index (χ3v) is 6.29. The molecule has 0 unspecified atom stereocenters. The maximum Gasteiger partial charge on any atom is 0.131 e. The fourth-order valence-corrected chi connectivity index (χ4v) is 4.42. The van der Waals surface area contributed by atoms with Crippen molar-refractivity contribution in [3.8, 4) is 28.0 Å². The van der Waals surface area contributed by atoms with Gasteiger partial charge in [-0.2, -0.15) is 0 Å². The third-order valence-electron chi connectivity index (χ3n) is 6.29. The molecule has 0 heterocycles. The predicted molar refractivity (Wildman–Crippen MR) is 118 cm³/mol. The largest absolute Gasteiger partial charge is 0.507 e. The van der Waals surface area contributed by atoms with E-state index in [-0.39, 0.29) is 5.92 Å². The lowest BCUT2D eigenvalue weighted by molar-refractivity contribution is 0.479. The van der Waals surface area contributed by atoms with Crippen molar-refractivity contribution in [1.82, 2.24) is 0 Å². The molecular formula is C27H26O. The van der Waals surface area contributed by atoms with Gasteiger partial charge in [0.1, 0.15) is 5.75 Å². The van der Waals surface area contributed by atoms with Gasteiger partial charge in [0.25, 0.3) is 0 Å². The van der Waals surface area contributed by atoms with E-state index in [9.17, 15) is 5.11 Å². The van der Waals surface area contributed by atoms with Gasteiger partial charge in [0.15, 0.2) is 0 Å². The lowest BCUT2D eigenvalue weighted by Crippen LogP contribution is -2.02. The van der Waals surface area contributed by atoms with E-state index in [4.69, 9.17) is 0 Å². The van der Waals surface area contributed by atoms with E-state index in [0.29, 0.717) is 5.75 Å². The average molecular weight is 367 g/mol. The molecule has 0 fully saturated rings. The molecule has 0 saturated carbocycles. The lowest BCUT2D eigenvalue weighted by atomic mass is 9.83. The first-order valence-electron chi connectivity index (χ1n) is 9.82. The number of phenolic OH excluding ortho intramolecular Hbond substituents is 1. The van der Waals surface area contributed by atoms with Crippen LogP contribution in [-0.4, -0.2) is 5.11 Å². The summed E-state index contributed by atoms with van der Waals surface area (Å²) >= 11 is 0. The Kier molecular flexibility index (Phi) is 4.68. The van der Waals surface area contributed by atoms with Gasteiger partial charge in [0.05, 0.1) is 0 Å². The Bertz CT molecular complexity index is 1080. The van der Waals surface area contributed by atoms with Crippen LogP contribution < -0.4 is 0 Å². The van der Waals surface area contributed by atoms with Crippen LogP contribution in [0.15, 0.2) is 95.1 Å². The summed E-state index contributed by atoms with van der Waals surface area (Å²) in [6.07, 6.45) is 0. The molecule has 28 heavy (non-hydrogen) atoms. The maximum absolute atomic E-state index is 11.2. The molecule has 0 bridgehead atoms. The van der Waals surface area contributed by atoms with Crippen LogP contribution in [0.4, 0.5) is 0 Å². The predicted octanol–water partition coefficient (Wildman–Crippen LogP) is 7.50. The van der Waals surface area contributed by atoms with Crippen molar-refractivity contribution in [2.45, 2.75) is 33.6 Å². The van der Waals surface area contributed by atoms with Crippen LogP contribution in [0.3, 0.4) is 0 Å². The Hall–Kier alpha value is -3.06. The summed E-state index contributed by atoms with van der Waals surface area (Å²) in [5, 5.41) is 11.2. The summed E-state index contributed by atoms with van der Waals surface area (Å²) in [6.45, 7) is 8.89. The maximum atomic E-state index is 11.2. The minimum absolute atomic E-state index is 0.274. The highest BCUT2D eigenvalue weighted by molar-refractivity contribution is 5.84. The molecule has 1 heteroatoms. The summed E-state index contributed by atoms with van der Waals surface area (Å²) in [4.78, 5) is 0. The molecule has 0 amide bonds. The van der Waals surface area contributed by atoms with Gasteiger partial charge in [0.2, 0.25) is 0 Å². The minimum Gasteiger partial charge on any atom is -0.507 e. The average Bonchev–Trinajstić information content (AvgIpc) is 2.92. The van der Waals surface area contributed by atoms with Crippen LogP contribution in [0.5, 0.6) is 5.75 Å². The summed E-state index contributed by atoms with van der Waals surface area (Å²) in [5.74, 6) is 0.617. The molecule has 1 N–H and O–H groups in total.